The molecule has 2 heterocycles. The van der Waals surface area contributed by atoms with E-state index in [1.165, 1.54) is 51.4 Å². The number of ether oxygens (including phenoxy) is 1. The minimum atomic E-state index is 0.227. The van der Waals surface area contributed by atoms with E-state index in [4.69, 9.17) is 9.15 Å². The summed E-state index contributed by atoms with van der Waals surface area (Å²) < 4.78 is 11.8. The summed E-state index contributed by atoms with van der Waals surface area (Å²) in [5.41, 5.74) is 0.227. The van der Waals surface area contributed by atoms with Gasteiger partial charge in [-0.2, -0.15) is 0 Å². The SMILES string of the molecule is C1CO[C@@H](CSc2nnc(C34CC5CC(CC(C5)C3)C4)o2)C1. The molecule has 0 amide bonds. The van der Waals surface area contributed by atoms with Crippen molar-refractivity contribution in [1.29, 1.82) is 0 Å². The Labute approximate surface area is 135 Å². The van der Waals surface area contributed by atoms with Crippen LogP contribution in [0.5, 0.6) is 0 Å². The molecule has 5 heteroatoms. The topological polar surface area (TPSA) is 48.2 Å². The first-order chi connectivity index (χ1) is 10.8. The molecule has 1 aromatic rings. The van der Waals surface area contributed by atoms with E-state index in [1.807, 2.05) is 0 Å². The van der Waals surface area contributed by atoms with E-state index in [-0.39, 0.29) is 5.41 Å². The average Bonchev–Trinajstić information content (AvgIpc) is 3.16. The van der Waals surface area contributed by atoms with Crippen LogP contribution < -0.4 is 0 Å². The van der Waals surface area contributed by atoms with Gasteiger partial charge in [0.15, 0.2) is 0 Å². The smallest absolute Gasteiger partial charge is 0.276 e. The van der Waals surface area contributed by atoms with Crippen LogP contribution in [0.1, 0.15) is 57.3 Å². The van der Waals surface area contributed by atoms with Crippen molar-refractivity contribution in [1.82, 2.24) is 10.2 Å². The number of hydrogen-bond donors (Lipinski definition) is 0. The maximum atomic E-state index is 6.11. The Bertz CT molecular complexity index is 517. The minimum Gasteiger partial charge on any atom is -0.415 e. The third-order valence-corrected chi connectivity index (χ3v) is 7.27. The fraction of sp³-hybridized carbons (Fsp3) is 0.882. The highest BCUT2D eigenvalue weighted by Crippen LogP contribution is 2.60. The van der Waals surface area contributed by atoms with E-state index >= 15 is 0 Å². The molecule has 5 aliphatic rings. The highest BCUT2D eigenvalue weighted by atomic mass is 32.2. The lowest BCUT2D eigenvalue weighted by Crippen LogP contribution is -2.48. The second kappa shape index (κ2) is 5.23. The van der Waals surface area contributed by atoms with Gasteiger partial charge < -0.3 is 9.15 Å². The van der Waals surface area contributed by atoms with Crippen LogP contribution in [-0.4, -0.2) is 28.7 Å². The van der Waals surface area contributed by atoms with E-state index in [0.29, 0.717) is 6.10 Å². The second-order valence-corrected chi connectivity index (χ2v) is 8.99. The lowest BCUT2D eigenvalue weighted by Gasteiger charge is -2.55. The predicted octanol–water partition coefficient (Wildman–Crippen LogP) is 3.81. The van der Waals surface area contributed by atoms with Crippen LogP contribution in [0.4, 0.5) is 0 Å². The van der Waals surface area contributed by atoms with Gasteiger partial charge in [0.1, 0.15) is 0 Å². The molecule has 4 nitrogen and oxygen atoms in total. The standard InChI is InChI=1S/C17H24N2O2S/c1-2-14(20-3-1)10-22-16-19-18-15(21-16)17-7-11-4-12(8-17)6-13(5-11)9-17/h11-14H,1-10H2/t11?,12?,13?,14-,17?/m1/s1. The molecule has 6 rings (SSSR count). The lowest BCUT2D eigenvalue weighted by molar-refractivity contribution is -0.0191. The van der Waals surface area contributed by atoms with Gasteiger partial charge in [-0.3, -0.25) is 0 Å². The normalized spacial score (nSPS) is 43.1. The first-order valence-corrected chi connectivity index (χ1v) is 9.86. The highest BCUT2D eigenvalue weighted by molar-refractivity contribution is 7.99. The Morgan fingerprint density at radius 2 is 1.77 bits per heavy atom. The molecule has 1 atom stereocenters. The molecule has 0 unspecified atom stereocenters. The summed E-state index contributed by atoms with van der Waals surface area (Å²) in [6.07, 6.45) is 11.0. The number of nitrogens with zero attached hydrogens (tertiary/aromatic N) is 2. The third kappa shape index (κ3) is 2.32. The van der Waals surface area contributed by atoms with Crippen molar-refractivity contribution in [2.75, 3.05) is 12.4 Å². The van der Waals surface area contributed by atoms with Crippen molar-refractivity contribution in [3.05, 3.63) is 5.89 Å². The molecule has 4 bridgehead atoms. The summed E-state index contributed by atoms with van der Waals surface area (Å²) in [5.74, 6) is 4.65. The zero-order chi connectivity index (χ0) is 14.6. The van der Waals surface area contributed by atoms with Gasteiger partial charge in [0.25, 0.3) is 5.22 Å². The van der Waals surface area contributed by atoms with Crippen molar-refractivity contribution in [2.24, 2.45) is 17.8 Å². The van der Waals surface area contributed by atoms with Gasteiger partial charge in [-0.25, -0.2) is 0 Å². The summed E-state index contributed by atoms with van der Waals surface area (Å²) in [4.78, 5) is 0. The highest BCUT2D eigenvalue weighted by Gasteiger charge is 2.54. The number of rotatable bonds is 4. The molecule has 4 saturated carbocycles. The summed E-state index contributed by atoms with van der Waals surface area (Å²) in [6, 6.07) is 0. The van der Waals surface area contributed by atoms with E-state index in [1.54, 1.807) is 11.8 Å². The van der Waals surface area contributed by atoms with E-state index in [9.17, 15) is 0 Å². The van der Waals surface area contributed by atoms with Gasteiger partial charge in [-0.15, -0.1) is 10.2 Å². The largest absolute Gasteiger partial charge is 0.415 e. The van der Waals surface area contributed by atoms with Gasteiger partial charge in [0.05, 0.1) is 6.10 Å². The van der Waals surface area contributed by atoms with Gasteiger partial charge in [-0.1, -0.05) is 11.8 Å². The number of hydrogen-bond acceptors (Lipinski definition) is 5. The Hall–Kier alpha value is -0.550. The van der Waals surface area contributed by atoms with Crippen molar-refractivity contribution in [3.8, 4) is 0 Å². The molecule has 0 aromatic carbocycles. The van der Waals surface area contributed by atoms with Crippen LogP contribution in [0.3, 0.4) is 0 Å². The Morgan fingerprint density at radius 3 is 2.41 bits per heavy atom. The van der Waals surface area contributed by atoms with Crippen LogP contribution >= 0.6 is 11.8 Å². The molecule has 0 N–H and O–H groups in total. The molecule has 0 radical (unpaired) electrons. The fourth-order valence-corrected chi connectivity index (χ4v) is 6.62. The molecule has 0 spiro atoms. The Kier molecular flexibility index (Phi) is 3.29. The fourth-order valence-electron chi connectivity index (χ4n) is 5.80. The van der Waals surface area contributed by atoms with Crippen LogP contribution in [-0.2, 0) is 10.2 Å². The quantitative estimate of drug-likeness (QED) is 0.790. The number of thioether (sulfide) groups is 1. The lowest BCUT2D eigenvalue weighted by atomic mass is 9.49. The molecule has 1 saturated heterocycles. The van der Waals surface area contributed by atoms with E-state index in [2.05, 4.69) is 10.2 Å². The summed E-state index contributed by atoms with van der Waals surface area (Å²) in [6.45, 7) is 0.910. The average molecular weight is 320 g/mol. The first-order valence-electron chi connectivity index (χ1n) is 8.87. The molecule has 22 heavy (non-hydrogen) atoms. The van der Waals surface area contributed by atoms with E-state index in [0.717, 1.165) is 41.2 Å². The number of aromatic nitrogens is 2. The molecule has 5 fully saturated rings. The summed E-state index contributed by atoms with van der Waals surface area (Å²) in [5, 5.41) is 9.55. The molecule has 4 aliphatic carbocycles. The Morgan fingerprint density at radius 1 is 1.05 bits per heavy atom. The van der Waals surface area contributed by atoms with Crippen molar-refractivity contribution >= 4 is 11.8 Å². The first kappa shape index (κ1) is 13.8. The summed E-state index contributed by atoms with van der Waals surface area (Å²) in [7, 11) is 0. The van der Waals surface area contributed by atoms with Gasteiger partial charge >= 0.3 is 0 Å². The maximum Gasteiger partial charge on any atom is 0.276 e. The zero-order valence-electron chi connectivity index (χ0n) is 13.0. The molecule has 1 aromatic heterocycles. The Balaban J connectivity index is 1.31. The van der Waals surface area contributed by atoms with Crippen molar-refractivity contribution < 1.29 is 9.15 Å². The van der Waals surface area contributed by atoms with Crippen LogP contribution in [0, 0.1) is 17.8 Å². The van der Waals surface area contributed by atoms with Crippen molar-refractivity contribution in [3.63, 3.8) is 0 Å². The van der Waals surface area contributed by atoms with Crippen LogP contribution in [0.2, 0.25) is 0 Å². The monoisotopic (exact) mass is 320 g/mol. The molecule has 1 aliphatic heterocycles. The maximum absolute atomic E-state index is 6.11. The van der Waals surface area contributed by atoms with E-state index < -0.39 is 0 Å². The molecular formula is C17H24N2O2S. The second-order valence-electron chi connectivity index (χ2n) is 8.02. The molecular weight excluding hydrogens is 296 g/mol. The minimum absolute atomic E-state index is 0.227. The third-order valence-electron chi connectivity index (χ3n) is 6.32. The van der Waals surface area contributed by atoms with Crippen LogP contribution in [0.15, 0.2) is 9.64 Å². The summed E-state index contributed by atoms with van der Waals surface area (Å²) >= 11 is 1.68. The van der Waals surface area contributed by atoms with Gasteiger partial charge in [0.2, 0.25) is 5.89 Å². The van der Waals surface area contributed by atoms with Gasteiger partial charge in [-0.05, 0) is 69.1 Å². The predicted molar refractivity (Wildman–Crippen MR) is 83.8 cm³/mol. The van der Waals surface area contributed by atoms with Crippen LogP contribution in [0.25, 0.3) is 0 Å². The van der Waals surface area contributed by atoms with Crippen molar-refractivity contribution in [2.45, 2.75) is 68.1 Å². The molecule has 120 valence electrons. The van der Waals surface area contributed by atoms with Gasteiger partial charge in [0, 0.05) is 17.8 Å². The zero-order valence-corrected chi connectivity index (χ0v) is 13.8.